The van der Waals surface area contributed by atoms with Crippen LogP contribution in [0.3, 0.4) is 0 Å². The van der Waals surface area contributed by atoms with E-state index in [9.17, 15) is 9.59 Å². The molecule has 6 heteroatoms. The minimum atomic E-state index is -0.718. The van der Waals surface area contributed by atoms with Crippen molar-refractivity contribution in [3.63, 3.8) is 0 Å². The van der Waals surface area contributed by atoms with Gasteiger partial charge in [-0.1, -0.05) is 25.3 Å². The Balaban J connectivity index is 3.09. The summed E-state index contributed by atoms with van der Waals surface area (Å²) in [4.78, 5) is 27.8. The van der Waals surface area contributed by atoms with Crippen molar-refractivity contribution in [3.8, 4) is 0 Å². The van der Waals surface area contributed by atoms with E-state index < -0.39 is 11.9 Å². The summed E-state index contributed by atoms with van der Waals surface area (Å²) in [5.74, 6) is -1.39. The summed E-state index contributed by atoms with van der Waals surface area (Å²) < 4.78 is 14.8. The van der Waals surface area contributed by atoms with Crippen molar-refractivity contribution in [2.45, 2.75) is 6.61 Å². The average molecular weight is 291 g/mol. The molecule has 0 aliphatic carbocycles. The molecule has 0 aliphatic heterocycles. The highest BCUT2D eigenvalue weighted by atomic mass is 16.5. The second-order valence-corrected chi connectivity index (χ2v) is 3.95. The number of hydrogen-bond acceptors (Lipinski definition) is 6. The molecule has 21 heavy (non-hydrogen) atoms. The van der Waals surface area contributed by atoms with E-state index in [4.69, 9.17) is 14.2 Å². The van der Waals surface area contributed by atoms with E-state index in [2.05, 4.69) is 18.1 Å². The molecular formula is C15H17NO5. The van der Waals surface area contributed by atoms with Crippen molar-refractivity contribution in [1.82, 2.24) is 4.98 Å². The Labute approximate surface area is 123 Å². The first kappa shape index (κ1) is 16.6. The molecular weight excluding hydrogens is 274 g/mol. The number of esters is 2. The highest BCUT2D eigenvalue weighted by molar-refractivity contribution is 6.01. The number of pyridine rings is 1. The summed E-state index contributed by atoms with van der Waals surface area (Å²) in [6, 6.07) is 1.49. The van der Waals surface area contributed by atoms with Gasteiger partial charge in [-0.05, 0) is 11.6 Å². The zero-order chi connectivity index (χ0) is 15.7. The van der Waals surface area contributed by atoms with E-state index in [0.717, 1.165) is 0 Å². The van der Waals surface area contributed by atoms with Crippen molar-refractivity contribution in [3.05, 3.63) is 54.4 Å². The second-order valence-electron chi connectivity index (χ2n) is 3.95. The summed E-state index contributed by atoms with van der Waals surface area (Å²) in [7, 11) is 1.52. The van der Waals surface area contributed by atoms with Crippen molar-refractivity contribution in [2.24, 2.45) is 0 Å². The molecule has 0 bridgehead atoms. The molecule has 0 radical (unpaired) electrons. The van der Waals surface area contributed by atoms with Gasteiger partial charge in [-0.2, -0.15) is 0 Å². The van der Waals surface area contributed by atoms with Crippen LogP contribution in [0.2, 0.25) is 0 Å². The maximum absolute atomic E-state index is 12.0. The van der Waals surface area contributed by atoms with Gasteiger partial charge in [0.15, 0.2) is 5.69 Å². The van der Waals surface area contributed by atoms with Crippen molar-refractivity contribution >= 4 is 11.9 Å². The zero-order valence-electron chi connectivity index (χ0n) is 11.8. The summed E-state index contributed by atoms with van der Waals surface area (Å²) in [5, 5.41) is 0. The molecule has 0 spiro atoms. The molecule has 0 saturated heterocycles. The minimum Gasteiger partial charge on any atom is -0.458 e. The Kier molecular flexibility index (Phi) is 6.83. The molecule has 0 atom stereocenters. The molecule has 0 N–H and O–H groups in total. The van der Waals surface area contributed by atoms with Gasteiger partial charge >= 0.3 is 11.9 Å². The van der Waals surface area contributed by atoms with Crippen LogP contribution in [0.15, 0.2) is 37.6 Å². The molecule has 1 heterocycles. The van der Waals surface area contributed by atoms with Crippen LogP contribution in [0.5, 0.6) is 0 Å². The molecule has 6 nitrogen and oxygen atoms in total. The van der Waals surface area contributed by atoms with Gasteiger partial charge in [0.2, 0.25) is 0 Å². The number of aromatic nitrogens is 1. The van der Waals surface area contributed by atoms with Crippen LogP contribution < -0.4 is 0 Å². The third kappa shape index (κ3) is 4.85. The molecule has 0 fully saturated rings. The Morgan fingerprint density at radius 1 is 1.19 bits per heavy atom. The van der Waals surface area contributed by atoms with Gasteiger partial charge in [0.05, 0.1) is 12.2 Å². The molecule has 1 aromatic heterocycles. The van der Waals surface area contributed by atoms with Crippen molar-refractivity contribution in [1.29, 1.82) is 0 Å². The van der Waals surface area contributed by atoms with Crippen LogP contribution >= 0.6 is 0 Å². The first-order chi connectivity index (χ1) is 10.1. The SMILES string of the molecule is C=CCOC(=O)c1cc(COC)cnc1C(=O)OCC=C. The summed E-state index contributed by atoms with van der Waals surface area (Å²) in [5.41, 5.74) is 0.564. The van der Waals surface area contributed by atoms with E-state index in [1.165, 1.54) is 31.5 Å². The summed E-state index contributed by atoms with van der Waals surface area (Å²) in [6.45, 7) is 7.23. The van der Waals surface area contributed by atoms with E-state index in [1.54, 1.807) is 0 Å². The van der Waals surface area contributed by atoms with E-state index >= 15 is 0 Å². The lowest BCUT2D eigenvalue weighted by molar-refractivity contribution is 0.0497. The molecule has 112 valence electrons. The maximum Gasteiger partial charge on any atom is 0.358 e. The van der Waals surface area contributed by atoms with Crippen LogP contribution in [0, 0.1) is 0 Å². The highest BCUT2D eigenvalue weighted by Crippen LogP contribution is 2.13. The largest absolute Gasteiger partial charge is 0.458 e. The maximum atomic E-state index is 12.0. The van der Waals surface area contributed by atoms with Gasteiger partial charge < -0.3 is 14.2 Å². The number of hydrogen-bond donors (Lipinski definition) is 0. The van der Waals surface area contributed by atoms with Gasteiger partial charge in [0.1, 0.15) is 13.2 Å². The monoisotopic (exact) mass is 291 g/mol. The van der Waals surface area contributed by atoms with Crippen molar-refractivity contribution in [2.75, 3.05) is 20.3 Å². The molecule has 0 saturated carbocycles. The van der Waals surface area contributed by atoms with Crippen LogP contribution in [-0.4, -0.2) is 37.2 Å². The fraction of sp³-hybridized carbons (Fsp3) is 0.267. The van der Waals surface area contributed by atoms with E-state index in [1.807, 2.05) is 0 Å². The van der Waals surface area contributed by atoms with Gasteiger partial charge in [-0.15, -0.1) is 0 Å². The predicted octanol–water partition coefficient (Wildman–Crippen LogP) is 1.91. The predicted molar refractivity (Wildman–Crippen MR) is 75.9 cm³/mol. The van der Waals surface area contributed by atoms with Crippen LogP contribution in [0.1, 0.15) is 26.4 Å². The van der Waals surface area contributed by atoms with Crippen molar-refractivity contribution < 1.29 is 23.8 Å². The topological polar surface area (TPSA) is 74.7 Å². The molecule has 0 unspecified atom stereocenters. The number of nitrogens with zero attached hydrogens (tertiary/aromatic N) is 1. The van der Waals surface area contributed by atoms with Gasteiger partial charge in [0.25, 0.3) is 0 Å². The third-order valence-electron chi connectivity index (χ3n) is 2.33. The van der Waals surface area contributed by atoms with E-state index in [-0.39, 0.29) is 31.1 Å². The number of methoxy groups -OCH3 is 1. The van der Waals surface area contributed by atoms with Gasteiger partial charge in [-0.3, -0.25) is 0 Å². The molecule has 1 aromatic rings. The standard InChI is InChI=1S/C15H17NO5/c1-4-6-20-14(17)12-8-11(10-19-3)9-16-13(12)15(18)21-7-5-2/h4-5,8-9H,1-2,6-7,10H2,3H3. The lowest BCUT2D eigenvalue weighted by Gasteiger charge is -2.09. The minimum absolute atomic E-state index is 0.0282. The van der Waals surface area contributed by atoms with Gasteiger partial charge in [-0.25, -0.2) is 14.6 Å². The molecule has 0 aromatic carbocycles. The van der Waals surface area contributed by atoms with Crippen LogP contribution in [0.25, 0.3) is 0 Å². The molecule has 0 amide bonds. The Morgan fingerprint density at radius 3 is 2.38 bits per heavy atom. The quantitative estimate of drug-likeness (QED) is 0.538. The van der Waals surface area contributed by atoms with Gasteiger partial charge in [0, 0.05) is 13.3 Å². The van der Waals surface area contributed by atoms with E-state index in [0.29, 0.717) is 5.56 Å². The Hall–Kier alpha value is -2.47. The summed E-state index contributed by atoms with van der Waals surface area (Å²) in [6.07, 6.45) is 4.30. The lowest BCUT2D eigenvalue weighted by atomic mass is 10.1. The molecule has 0 aliphatic rings. The fourth-order valence-electron chi connectivity index (χ4n) is 1.49. The molecule has 1 rings (SSSR count). The third-order valence-corrected chi connectivity index (χ3v) is 2.33. The Morgan fingerprint density at radius 2 is 1.81 bits per heavy atom. The van der Waals surface area contributed by atoms with Crippen LogP contribution in [0.4, 0.5) is 0 Å². The number of ether oxygens (including phenoxy) is 3. The first-order valence-electron chi connectivity index (χ1n) is 6.18. The van der Waals surface area contributed by atoms with Crippen LogP contribution in [-0.2, 0) is 20.8 Å². The highest BCUT2D eigenvalue weighted by Gasteiger charge is 2.21. The second kappa shape index (κ2) is 8.65. The lowest BCUT2D eigenvalue weighted by Crippen LogP contribution is -2.17. The first-order valence-corrected chi connectivity index (χ1v) is 6.18. The average Bonchev–Trinajstić information content (AvgIpc) is 2.50. The number of rotatable bonds is 8. The fourth-order valence-corrected chi connectivity index (χ4v) is 1.49. The Bertz CT molecular complexity index is 539. The normalized spacial score (nSPS) is 9.76. The number of carbonyl (C=O) groups excluding carboxylic acids is 2. The smallest absolute Gasteiger partial charge is 0.358 e. The zero-order valence-corrected chi connectivity index (χ0v) is 11.8. The summed E-state index contributed by atoms with van der Waals surface area (Å²) >= 11 is 0. The number of carbonyl (C=O) groups is 2.